The fourth-order valence-electron chi connectivity index (χ4n) is 1.92. The maximum atomic E-state index is 5.71. The maximum Gasteiger partial charge on any atom is 0.227 e. The Kier molecular flexibility index (Phi) is 4.93. The molecule has 0 saturated carbocycles. The maximum absolute atomic E-state index is 5.71. The summed E-state index contributed by atoms with van der Waals surface area (Å²) in [5.74, 6) is 2.58. The third-order valence-corrected chi connectivity index (χ3v) is 4.40. The van der Waals surface area contributed by atoms with Gasteiger partial charge in [-0.15, -0.1) is 11.8 Å². The Labute approximate surface area is 130 Å². The van der Waals surface area contributed by atoms with Gasteiger partial charge in [0, 0.05) is 16.9 Å². The molecule has 0 fully saturated rings. The van der Waals surface area contributed by atoms with Crippen molar-refractivity contribution in [2.24, 2.45) is 0 Å². The van der Waals surface area contributed by atoms with Gasteiger partial charge in [0.05, 0.1) is 5.75 Å². The Morgan fingerprint density at radius 3 is 2.52 bits per heavy atom. The number of anilines is 1. The SMILES string of the molecule is CC(Cc1nc(CSC(C)(C)C)no1)c1ccc(N)cc1. The quantitative estimate of drug-likeness (QED) is 0.845. The molecule has 1 unspecified atom stereocenters. The number of hydrogen-bond donors (Lipinski definition) is 1. The van der Waals surface area contributed by atoms with Crippen LogP contribution < -0.4 is 5.73 Å². The summed E-state index contributed by atoms with van der Waals surface area (Å²) in [7, 11) is 0. The van der Waals surface area contributed by atoms with Gasteiger partial charge in [-0.25, -0.2) is 0 Å². The van der Waals surface area contributed by atoms with Crippen LogP contribution in [0, 0.1) is 0 Å². The number of benzene rings is 1. The molecule has 2 N–H and O–H groups in total. The molecule has 4 nitrogen and oxygen atoms in total. The van der Waals surface area contributed by atoms with E-state index in [9.17, 15) is 0 Å². The molecule has 0 amide bonds. The summed E-state index contributed by atoms with van der Waals surface area (Å²) in [6, 6.07) is 7.94. The molecule has 114 valence electrons. The van der Waals surface area contributed by atoms with Crippen molar-refractivity contribution in [2.75, 3.05) is 5.73 Å². The molecule has 1 heterocycles. The van der Waals surface area contributed by atoms with Crippen molar-refractivity contribution >= 4 is 17.4 Å². The van der Waals surface area contributed by atoms with Crippen LogP contribution >= 0.6 is 11.8 Å². The van der Waals surface area contributed by atoms with Crippen LogP contribution in [0.15, 0.2) is 28.8 Å². The lowest BCUT2D eigenvalue weighted by atomic mass is 9.98. The smallest absolute Gasteiger partial charge is 0.227 e. The summed E-state index contributed by atoms with van der Waals surface area (Å²) in [6.07, 6.45) is 0.747. The van der Waals surface area contributed by atoms with E-state index < -0.39 is 0 Å². The van der Waals surface area contributed by atoms with Crippen molar-refractivity contribution in [1.29, 1.82) is 0 Å². The highest BCUT2D eigenvalue weighted by Gasteiger charge is 2.15. The first-order valence-corrected chi connectivity index (χ1v) is 8.13. The summed E-state index contributed by atoms with van der Waals surface area (Å²) < 4.78 is 5.55. The number of nitrogens with zero attached hydrogens (tertiary/aromatic N) is 2. The second kappa shape index (κ2) is 6.52. The second-order valence-corrected chi connectivity index (χ2v) is 8.08. The zero-order valence-electron chi connectivity index (χ0n) is 13.1. The molecule has 0 bridgehead atoms. The minimum absolute atomic E-state index is 0.206. The number of rotatable bonds is 5. The molecule has 0 saturated heterocycles. The van der Waals surface area contributed by atoms with Crippen molar-refractivity contribution in [3.8, 4) is 0 Å². The van der Waals surface area contributed by atoms with Gasteiger partial charge >= 0.3 is 0 Å². The van der Waals surface area contributed by atoms with E-state index in [1.54, 1.807) is 0 Å². The van der Waals surface area contributed by atoms with E-state index in [4.69, 9.17) is 10.3 Å². The van der Waals surface area contributed by atoms with Crippen molar-refractivity contribution < 1.29 is 4.52 Å². The summed E-state index contributed by atoms with van der Waals surface area (Å²) in [6.45, 7) is 8.70. The molecule has 1 aromatic heterocycles. The van der Waals surface area contributed by atoms with E-state index >= 15 is 0 Å². The van der Waals surface area contributed by atoms with E-state index in [0.29, 0.717) is 11.8 Å². The number of nitrogen functional groups attached to an aromatic ring is 1. The van der Waals surface area contributed by atoms with Crippen LogP contribution in [0.25, 0.3) is 0 Å². The highest BCUT2D eigenvalue weighted by atomic mass is 32.2. The van der Waals surface area contributed by atoms with Gasteiger partial charge in [0.15, 0.2) is 5.82 Å². The molecule has 0 aliphatic rings. The molecule has 1 aromatic carbocycles. The van der Waals surface area contributed by atoms with Crippen LogP contribution in [0.5, 0.6) is 0 Å². The van der Waals surface area contributed by atoms with E-state index in [0.717, 1.165) is 23.7 Å². The van der Waals surface area contributed by atoms with E-state index in [-0.39, 0.29) is 4.75 Å². The normalized spacial score (nSPS) is 13.3. The Morgan fingerprint density at radius 2 is 1.90 bits per heavy atom. The molecular weight excluding hydrogens is 282 g/mol. The van der Waals surface area contributed by atoms with Gasteiger partial charge in [0.2, 0.25) is 5.89 Å². The average Bonchev–Trinajstić information content (AvgIpc) is 2.84. The van der Waals surface area contributed by atoms with Gasteiger partial charge in [0.1, 0.15) is 0 Å². The summed E-state index contributed by atoms with van der Waals surface area (Å²) in [4.78, 5) is 4.47. The number of nitrogens with two attached hydrogens (primary N) is 1. The Balaban J connectivity index is 1.94. The second-order valence-electron chi connectivity index (χ2n) is 6.28. The zero-order valence-corrected chi connectivity index (χ0v) is 13.9. The molecule has 0 radical (unpaired) electrons. The van der Waals surface area contributed by atoms with Gasteiger partial charge in [-0.1, -0.05) is 45.0 Å². The Hall–Kier alpha value is -1.49. The first kappa shape index (κ1) is 15.9. The van der Waals surface area contributed by atoms with E-state index in [1.807, 2.05) is 36.0 Å². The minimum Gasteiger partial charge on any atom is -0.399 e. The highest BCUT2D eigenvalue weighted by molar-refractivity contribution is 7.99. The summed E-state index contributed by atoms with van der Waals surface area (Å²) in [5.41, 5.74) is 7.72. The average molecular weight is 305 g/mol. The van der Waals surface area contributed by atoms with Crippen LogP contribution in [0.1, 0.15) is 50.9 Å². The van der Waals surface area contributed by atoms with Crippen LogP contribution in [0.3, 0.4) is 0 Å². The molecular formula is C16H23N3OS. The summed E-state index contributed by atoms with van der Waals surface area (Å²) in [5, 5.41) is 4.05. The van der Waals surface area contributed by atoms with Gasteiger partial charge in [-0.2, -0.15) is 4.98 Å². The molecule has 1 atom stereocenters. The monoisotopic (exact) mass is 305 g/mol. The molecule has 0 aliphatic carbocycles. The van der Waals surface area contributed by atoms with Crippen LogP contribution in [0.4, 0.5) is 5.69 Å². The van der Waals surface area contributed by atoms with E-state index in [1.165, 1.54) is 5.56 Å². The standard InChI is InChI=1S/C16H23N3OS/c1-11(12-5-7-13(17)8-6-12)9-15-18-14(19-20-15)10-21-16(2,3)4/h5-8,11H,9-10,17H2,1-4H3. The van der Waals surface area contributed by atoms with E-state index in [2.05, 4.69) is 37.8 Å². The minimum atomic E-state index is 0.206. The Morgan fingerprint density at radius 1 is 1.24 bits per heavy atom. The van der Waals surface area contributed by atoms with Gasteiger partial charge < -0.3 is 10.3 Å². The third-order valence-electron chi connectivity index (χ3n) is 3.13. The topological polar surface area (TPSA) is 64.9 Å². The van der Waals surface area contributed by atoms with Crippen molar-refractivity contribution in [1.82, 2.24) is 10.1 Å². The predicted octanol–water partition coefficient (Wildman–Crippen LogP) is 4.03. The molecule has 5 heteroatoms. The summed E-state index contributed by atoms with van der Waals surface area (Å²) >= 11 is 1.82. The fourth-order valence-corrected chi connectivity index (χ4v) is 2.60. The largest absolute Gasteiger partial charge is 0.399 e. The molecule has 21 heavy (non-hydrogen) atoms. The zero-order chi connectivity index (χ0) is 15.5. The fraction of sp³-hybridized carbons (Fsp3) is 0.500. The predicted molar refractivity (Wildman–Crippen MR) is 88.3 cm³/mol. The molecule has 0 spiro atoms. The van der Waals surface area contributed by atoms with Crippen LogP contribution in [0.2, 0.25) is 0 Å². The number of hydrogen-bond acceptors (Lipinski definition) is 5. The number of thioether (sulfide) groups is 1. The van der Waals surface area contributed by atoms with Gasteiger partial charge in [0.25, 0.3) is 0 Å². The Bertz CT molecular complexity index is 572. The molecule has 2 aromatic rings. The lowest BCUT2D eigenvalue weighted by Gasteiger charge is -2.15. The molecule has 2 rings (SSSR count). The first-order valence-electron chi connectivity index (χ1n) is 7.14. The van der Waals surface area contributed by atoms with Crippen LogP contribution in [-0.2, 0) is 12.2 Å². The first-order chi connectivity index (χ1) is 9.83. The van der Waals surface area contributed by atoms with Crippen LogP contribution in [-0.4, -0.2) is 14.9 Å². The molecule has 0 aliphatic heterocycles. The van der Waals surface area contributed by atoms with Gasteiger partial charge in [-0.05, 0) is 23.6 Å². The third kappa shape index (κ3) is 5.08. The number of aromatic nitrogens is 2. The van der Waals surface area contributed by atoms with Crippen molar-refractivity contribution in [3.05, 3.63) is 41.5 Å². The highest BCUT2D eigenvalue weighted by Crippen LogP contribution is 2.26. The lowest BCUT2D eigenvalue weighted by Crippen LogP contribution is -2.07. The van der Waals surface area contributed by atoms with Gasteiger partial charge in [-0.3, -0.25) is 0 Å². The lowest BCUT2D eigenvalue weighted by molar-refractivity contribution is 0.368. The van der Waals surface area contributed by atoms with Crippen molar-refractivity contribution in [2.45, 2.75) is 50.5 Å². The van der Waals surface area contributed by atoms with Crippen molar-refractivity contribution in [3.63, 3.8) is 0 Å².